The van der Waals surface area contributed by atoms with Crippen LogP contribution in [0, 0.1) is 39.6 Å². The van der Waals surface area contributed by atoms with Gasteiger partial charge in [-0.15, -0.1) is 12.4 Å². The summed E-state index contributed by atoms with van der Waals surface area (Å²) >= 11 is 1.25. The first-order chi connectivity index (χ1) is 2.89. The summed E-state index contributed by atoms with van der Waals surface area (Å²) in [6.45, 7) is 0. The third-order valence-electron chi connectivity index (χ3n) is 0.771. The van der Waals surface area contributed by atoms with Crippen LogP contribution in [0.5, 0.6) is 0 Å². The molecule has 0 atom stereocenters. The molecular formula is C5H6CeCl. The molecule has 1 aliphatic carbocycles. The summed E-state index contributed by atoms with van der Waals surface area (Å²) in [5.41, 5.74) is 0. The van der Waals surface area contributed by atoms with Crippen molar-refractivity contribution < 1.29 is 39.6 Å². The van der Waals surface area contributed by atoms with Crippen molar-refractivity contribution in [2.24, 2.45) is 0 Å². The van der Waals surface area contributed by atoms with Crippen molar-refractivity contribution in [2.75, 3.05) is 0 Å². The van der Waals surface area contributed by atoms with Gasteiger partial charge < -0.3 is 0 Å². The van der Waals surface area contributed by atoms with E-state index in [1.54, 1.807) is 1.09 Å². The van der Waals surface area contributed by atoms with Crippen LogP contribution < -0.4 is 0 Å². The number of hydrogen-bond donors (Lipinski definition) is 0. The first-order valence-corrected chi connectivity index (χ1v) is 3.54. The molecule has 37 valence electrons. The molecule has 0 heterocycles. The summed E-state index contributed by atoms with van der Waals surface area (Å²) in [5, 5.41) is 0. The van der Waals surface area contributed by atoms with Crippen molar-refractivity contribution in [2.45, 2.75) is 6.42 Å². The van der Waals surface area contributed by atoms with Crippen LogP contribution in [0.3, 0.4) is 0 Å². The van der Waals surface area contributed by atoms with Crippen LogP contribution in [0.15, 0.2) is 19.3 Å². The molecule has 2 heteroatoms. The topological polar surface area (TPSA) is 0 Å². The van der Waals surface area contributed by atoms with Gasteiger partial charge in [-0.05, 0) is 0 Å². The summed E-state index contributed by atoms with van der Waals surface area (Å²) in [6.07, 6.45) is 7.75. The molecule has 0 aromatic heterocycles. The summed E-state index contributed by atoms with van der Waals surface area (Å²) in [7, 11) is 0. The molecule has 0 saturated carbocycles. The molecule has 7 heavy (non-hydrogen) atoms. The van der Waals surface area contributed by atoms with Crippen LogP contribution in [0.2, 0.25) is 0 Å². The molecular weight excluding hydrogens is 236 g/mol. The van der Waals surface area contributed by atoms with Gasteiger partial charge in [-0.25, -0.2) is 0 Å². The molecule has 0 aromatic rings. The molecule has 0 aliphatic heterocycles. The Morgan fingerprint density at radius 1 is 1.57 bits per heavy atom. The van der Waals surface area contributed by atoms with Gasteiger partial charge in [0.05, 0.1) is 0 Å². The van der Waals surface area contributed by atoms with Crippen molar-refractivity contribution in [3.8, 4) is 0 Å². The monoisotopic (exact) mass is 241 g/mol. The fourth-order valence-electron chi connectivity index (χ4n) is 0.447. The first kappa shape index (κ1) is 8.15. The van der Waals surface area contributed by atoms with Gasteiger partial charge in [-0.2, -0.15) is 0 Å². The molecule has 0 fully saturated rings. The predicted molar refractivity (Wildman–Crippen MR) is 29.1 cm³/mol. The van der Waals surface area contributed by atoms with Gasteiger partial charge in [-0.1, -0.05) is 0 Å². The Morgan fingerprint density at radius 3 is 2.43 bits per heavy atom. The number of allylic oxidation sites excluding steroid dienone is 4. The second kappa shape index (κ2) is 4.07. The molecule has 0 N–H and O–H groups in total. The van der Waals surface area contributed by atoms with Gasteiger partial charge in [0.1, 0.15) is 0 Å². The van der Waals surface area contributed by atoms with Crippen LogP contribution in [0.4, 0.5) is 0 Å². The number of halogens is 1. The maximum atomic E-state index is 2.20. The normalized spacial score (nSPS) is 15.6. The van der Waals surface area contributed by atoms with Crippen molar-refractivity contribution >= 4 is 12.4 Å². The van der Waals surface area contributed by atoms with E-state index in [9.17, 15) is 0 Å². The Bertz CT molecular complexity index is 105. The standard InChI is InChI=1S/C5H5.Ce.ClH/c1-2-4-5-3-1;;/h1-3H,4H2;;1H. The van der Waals surface area contributed by atoms with Crippen molar-refractivity contribution in [1.29, 1.82) is 0 Å². The van der Waals surface area contributed by atoms with Gasteiger partial charge in [0.15, 0.2) is 0 Å². The summed E-state index contributed by atoms with van der Waals surface area (Å²) in [4.78, 5) is 0. The van der Waals surface area contributed by atoms with E-state index in [2.05, 4.69) is 18.2 Å². The maximum absolute atomic E-state index is 2.20. The second-order valence-corrected chi connectivity index (χ2v) is 3.34. The third-order valence-corrected chi connectivity index (χ3v) is 1.94. The molecule has 0 aromatic carbocycles. The fourth-order valence-corrected chi connectivity index (χ4v) is 1.12. The predicted octanol–water partition coefficient (Wildman–Crippen LogP) is 1.80. The van der Waals surface area contributed by atoms with E-state index in [0.717, 1.165) is 0 Å². The zero-order chi connectivity index (χ0) is 4.41. The van der Waals surface area contributed by atoms with E-state index in [1.165, 1.54) is 46.1 Å². The molecule has 1 rings (SSSR count). The molecule has 0 nitrogen and oxygen atoms in total. The average molecular weight is 242 g/mol. The minimum absolute atomic E-state index is 0. The third kappa shape index (κ3) is 2.85. The first-order valence-electron chi connectivity index (χ1n) is 1.97. The van der Waals surface area contributed by atoms with E-state index in [0.29, 0.717) is 0 Å². The van der Waals surface area contributed by atoms with Gasteiger partial charge in [0.25, 0.3) is 0 Å². The van der Waals surface area contributed by atoms with Crippen LogP contribution in [-0.2, 0) is 0 Å². The Balaban J connectivity index is 0.000000360. The molecule has 1 aliphatic rings. The van der Waals surface area contributed by atoms with E-state index in [4.69, 9.17) is 0 Å². The summed E-state index contributed by atoms with van der Waals surface area (Å²) < 4.78 is 1.61. The van der Waals surface area contributed by atoms with Crippen molar-refractivity contribution in [3.63, 3.8) is 0 Å². The minimum atomic E-state index is 0. The zero-order valence-electron chi connectivity index (χ0n) is 3.85. The SMILES string of the molecule is Cl.[Ce][C]1=CC=CC1. The Morgan fingerprint density at radius 2 is 2.29 bits per heavy atom. The van der Waals surface area contributed by atoms with E-state index in [-0.39, 0.29) is 12.4 Å². The molecule has 0 spiro atoms. The molecule has 0 amide bonds. The molecule has 0 unspecified atom stereocenters. The van der Waals surface area contributed by atoms with Crippen LogP contribution >= 0.6 is 12.4 Å². The average Bonchev–Trinajstić information content (AvgIpc) is 1.86. The number of rotatable bonds is 0. The Kier molecular flexibility index (Phi) is 4.73. The fraction of sp³-hybridized carbons (Fsp3) is 0.200. The van der Waals surface area contributed by atoms with E-state index >= 15 is 0 Å². The molecule has 0 bridgehead atoms. The summed E-state index contributed by atoms with van der Waals surface area (Å²) in [5.74, 6) is 0. The van der Waals surface area contributed by atoms with E-state index < -0.39 is 0 Å². The molecule has 0 saturated heterocycles. The van der Waals surface area contributed by atoms with Gasteiger partial charge in [-0.3, -0.25) is 0 Å². The summed E-state index contributed by atoms with van der Waals surface area (Å²) in [6, 6.07) is 0. The Hall–Kier alpha value is 1.15. The van der Waals surface area contributed by atoms with Gasteiger partial charge in [0, 0.05) is 0 Å². The van der Waals surface area contributed by atoms with Crippen molar-refractivity contribution in [1.82, 2.24) is 0 Å². The van der Waals surface area contributed by atoms with Gasteiger partial charge in [0.2, 0.25) is 0 Å². The second-order valence-electron chi connectivity index (χ2n) is 1.32. The van der Waals surface area contributed by atoms with Crippen LogP contribution in [0.25, 0.3) is 0 Å². The van der Waals surface area contributed by atoms with Crippen LogP contribution in [0.1, 0.15) is 6.42 Å². The Labute approximate surface area is 76.8 Å². The quantitative estimate of drug-likeness (QED) is 0.607. The van der Waals surface area contributed by atoms with Crippen molar-refractivity contribution in [3.05, 3.63) is 19.3 Å². The zero-order valence-corrected chi connectivity index (χ0v) is 7.80. The van der Waals surface area contributed by atoms with Crippen LogP contribution in [-0.4, -0.2) is 0 Å². The molecule has 0 radical (unpaired) electrons. The van der Waals surface area contributed by atoms with Gasteiger partial charge >= 0.3 is 65.4 Å². The number of hydrogen-bond acceptors (Lipinski definition) is 0. The van der Waals surface area contributed by atoms with E-state index in [1.807, 2.05) is 0 Å².